The number of nitrogens with zero attached hydrogens (tertiary/aromatic N) is 4. The Balaban J connectivity index is 1.96. The lowest BCUT2D eigenvalue weighted by Gasteiger charge is -2.25. The first-order chi connectivity index (χ1) is 14.7. The van der Waals surface area contributed by atoms with E-state index in [-0.39, 0.29) is 11.8 Å². The second-order valence-electron chi connectivity index (χ2n) is 6.84. The highest BCUT2D eigenvalue weighted by Gasteiger charge is 2.37. The summed E-state index contributed by atoms with van der Waals surface area (Å²) in [4.78, 5) is 10.9. The van der Waals surface area contributed by atoms with Gasteiger partial charge in [-0.2, -0.15) is 18.2 Å². The van der Waals surface area contributed by atoms with Crippen LogP contribution < -0.4 is 14.5 Å². The summed E-state index contributed by atoms with van der Waals surface area (Å²) in [5, 5.41) is 0. The number of aromatic nitrogens is 2. The molecule has 0 amide bonds. The summed E-state index contributed by atoms with van der Waals surface area (Å²) >= 11 is 0. The van der Waals surface area contributed by atoms with Crippen LogP contribution in [0.2, 0.25) is 0 Å². The van der Waals surface area contributed by atoms with Crippen molar-refractivity contribution in [3.63, 3.8) is 0 Å². The van der Waals surface area contributed by atoms with Crippen LogP contribution in [-0.4, -0.2) is 30.7 Å². The molecular formula is C22H22F4N4O. The van der Waals surface area contributed by atoms with E-state index in [0.29, 0.717) is 23.7 Å². The summed E-state index contributed by atoms with van der Waals surface area (Å²) in [6.07, 6.45) is -3.02. The van der Waals surface area contributed by atoms with Crippen LogP contribution in [0.3, 0.4) is 0 Å². The van der Waals surface area contributed by atoms with E-state index >= 15 is 0 Å². The van der Waals surface area contributed by atoms with E-state index in [1.165, 1.54) is 36.2 Å². The molecule has 0 N–H and O–H groups in total. The second-order valence-corrected chi connectivity index (χ2v) is 6.84. The maximum atomic E-state index is 13.6. The van der Waals surface area contributed by atoms with Crippen LogP contribution in [0.15, 0.2) is 54.7 Å². The molecule has 0 unspecified atom stereocenters. The molecule has 0 spiro atoms. The molecule has 31 heavy (non-hydrogen) atoms. The highest BCUT2D eigenvalue weighted by atomic mass is 19.4. The first-order valence-electron chi connectivity index (χ1n) is 9.61. The third-order valence-electron chi connectivity index (χ3n) is 4.59. The number of ether oxygens (including phenoxy) is 1. The molecule has 1 aromatic heterocycles. The molecule has 3 rings (SSSR count). The van der Waals surface area contributed by atoms with E-state index in [9.17, 15) is 17.6 Å². The summed E-state index contributed by atoms with van der Waals surface area (Å²) in [6.45, 7) is 2.60. The topological polar surface area (TPSA) is 41.5 Å². The fraction of sp³-hybridized carbons (Fsp3) is 0.273. The van der Waals surface area contributed by atoms with Gasteiger partial charge in [0.25, 0.3) is 0 Å². The van der Waals surface area contributed by atoms with E-state index in [1.54, 1.807) is 36.2 Å². The molecule has 1 heterocycles. The van der Waals surface area contributed by atoms with Gasteiger partial charge in [0, 0.05) is 31.7 Å². The fourth-order valence-electron chi connectivity index (χ4n) is 2.87. The first-order valence-corrected chi connectivity index (χ1v) is 9.61. The summed E-state index contributed by atoms with van der Waals surface area (Å²) in [5.74, 6) is -0.0372. The lowest BCUT2D eigenvalue weighted by Crippen LogP contribution is -2.21. The first kappa shape index (κ1) is 22.3. The van der Waals surface area contributed by atoms with E-state index in [0.717, 1.165) is 12.6 Å². The fourth-order valence-corrected chi connectivity index (χ4v) is 2.87. The molecule has 0 aliphatic heterocycles. The zero-order valence-electron chi connectivity index (χ0n) is 17.3. The molecule has 2 aromatic carbocycles. The number of hydrogen-bond acceptors (Lipinski definition) is 5. The minimum Gasteiger partial charge on any atom is -0.494 e. The number of benzene rings is 2. The lowest BCUT2D eigenvalue weighted by molar-refractivity contribution is -0.137. The Bertz CT molecular complexity index is 1010. The van der Waals surface area contributed by atoms with E-state index in [4.69, 9.17) is 4.74 Å². The Hall–Kier alpha value is -3.36. The zero-order valence-corrected chi connectivity index (χ0v) is 17.3. The Labute approximate surface area is 177 Å². The predicted octanol–water partition coefficient (Wildman–Crippen LogP) is 5.96. The summed E-state index contributed by atoms with van der Waals surface area (Å²) in [6, 6.07) is 12.2. The molecule has 5 nitrogen and oxygen atoms in total. The van der Waals surface area contributed by atoms with Crippen molar-refractivity contribution in [1.82, 2.24) is 9.97 Å². The van der Waals surface area contributed by atoms with Crippen molar-refractivity contribution in [3.8, 4) is 5.75 Å². The molecule has 0 atom stereocenters. The molecule has 0 aliphatic carbocycles. The third kappa shape index (κ3) is 5.22. The van der Waals surface area contributed by atoms with Crippen LogP contribution in [-0.2, 0) is 6.18 Å². The predicted molar refractivity (Wildman–Crippen MR) is 112 cm³/mol. The Kier molecular flexibility index (Phi) is 6.62. The Morgan fingerprint density at radius 1 is 0.903 bits per heavy atom. The van der Waals surface area contributed by atoms with E-state index in [1.807, 2.05) is 6.92 Å². The molecule has 3 aromatic rings. The molecule has 0 saturated heterocycles. The smallest absolute Gasteiger partial charge is 0.421 e. The highest BCUT2D eigenvalue weighted by Crippen LogP contribution is 2.38. The van der Waals surface area contributed by atoms with Gasteiger partial charge in [-0.3, -0.25) is 0 Å². The van der Waals surface area contributed by atoms with Crippen LogP contribution in [0.1, 0.15) is 18.9 Å². The van der Waals surface area contributed by atoms with Crippen molar-refractivity contribution in [3.05, 3.63) is 66.1 Å². The van der Waals surface area contributed by atoms with Crippen LogP contribution in [0.4, 0.5) is 40.7 Å². The van der Waals surface area contributed by atoms with Crippen molar-refractivity contribution >= 4 is 23.1 Å². The Morgan fingerprint density at radius 3 is 2.06 bits per heavy atom. The van der Waals surface area contributed by atoms with Crippen LogP contribution in [0.25, 0.3) is 0 Å². The molecule has 0 fully saturated rings. The summed E-state index contributed by atoms with van der Waals surface area (Å²) < 4.78 is 59.6. The van der Waals surface area contributed by atoms with Gasteiger partial charge in [0.1, 0.15) is 17.1 Å². The van der Waals surface area contributed by atoms with Gasteiger partial charge in [-0.25, -0.2) is 9.37 Å². The van der Waals surface area contributed by atoms with E-state index in [2.05, 4.69) is 9.97 Å². The van der Waals surface area contributed by atoms with Crippen LogP contribution in [0.5, 0.6) is 5.75 Å². The van der Waals surface area contributed by atoms with Gasteiger partial charge in [0.15, 0.2) is 5.82 Å². The number of anilines is 4. The van der Waals surface area contributed by atoms with Gasteiger partial charge in [0.2, 0.25) is 5.95 Å². The van der Waals surface area contributed by atoms with Gasteiger partial charge in [-0.1, -0.05) is 6.92 Å². The summed E-state index contributed by atoms with van der Waals surface area (Å²) in [7, 11) is 3.10. The van der Waals surface area contributed by atoms with Crippen molar-refractivity contribution in [2.75, 3.05) is 30.5 Å². The van der Waals surface area contributed by atoms with Gasteiger partial charge < -0.3 is 14.5 Å². The molecule has 9 heteroatoms. The molecule has 0 saturated carbocycles. The molecule has 164 valence electrons. The standard InChI is InChI=1S/C22H22F4N4O/c1-4-13-31-18-11-9-17(10-12-18)30(3)21-27-14-19(22(24,25)26)20(28-21)29(2)16-7-5-15(23)6-8-16/h5-12,14H,4,13H2,1-3H3. The SMILES string of the molecule is CCCOc1ccc(N(C)c2ncc(C(F)(F)F)c(N(C)c3ccc(F)cc3)n2)cc1. The second kappa shape index (κ2) is 9.20. The minimum atomic E-state index is -4.65. The normalized spacial score (nSPS) is 11.3. The number of halogens is 4. The van der Waals surface area contributed by atoms with Crippen LogP contribution in [0, 0.1) is 5.82 Å². The number of rotatable bonds is 7. The van der Waals surface area contributed by atoms with Crippen molar-refractivity contribution in [2.24, 2.45) is 0 Å². The highest BCUT2D eigenvalue weighted by molar-refractivity contribution is 5.65. The maximum absolute atomic E-state index is 13.6. The van der Waals surface area contributed by atoms with Crippen molar-refractivity contribution in [1.29, 1.82) is 0 Å². The van der Waals surface area contributed by atoms with Crippen LogP contribution >= 0.6 is 0 Å². The van der Waals surface area contributed by atoms with Crippen molar-refractivity contribution in [2.45, 2.75) is 19.5 Å². The van der Waals surface area contributed by atoms with E-state index < -0.39 is 17.6 Å². The average molecular weight is 434 g/mol. The number of hydrogen-bond donors (Lipinski definition) is 0. The monoisotopic (exact) mass is 434 g/mol. The number of alkyl halides is 3. The van der Waals surface area contributed by atoms with Gasteiger partial charge in [-0.05, 0) is 55.0 Å². The van der Waals surface area contributed by atoms with Gasteiger partial charge in [-0.15, -0.1) is 0 Å². The van der Waals surface area contributed by atoms with Gasteiger partial charge in [0.05, 0.1) is 6.61 Å². The molecule has 0 bridgehead atoms. The van der Waals surface area contributed by atoms with Gasteiger partial charge >= 0.3 is 6.18 Å². The summed E-state index contributed by atoms with van der Waals surface area (Å²) in [5.41, 5.74) is 0.0513. The maximum Gasteiger partial charge on any atom is 0.421 e. The van der Waals surface area contributed by atoms with Crippen molar-refractivity contribution < 1.29 is 22.3 Å². The molecule has 0 aliphatic rings. The Morgan fingerprint density at radius 2 is 1.48 bits per heavy atom. The molecular weight excluding hydrogens is 412 g/mol. The lowest BCUT2D eigenvalue weighted by atomic mass is 10.2. The zero-order chi connectivity index (χ0) is 22.6. The minimum absolute atomic E-state index is 0.0826. The average Bonchev–Trinajstić information content (AvgIpc) is 2.76. The quantitative estimate of drug-likeness (QED) is 0.429. The molecule has 0 radical (unpaired) electrons. The largest absolute Gasteiger partial charge is 0.494 e. The third-order valence-corrected chi connectivity index (χ3v) is 4.59.